The Kier molecular flexibility index (Phi) is 3.09. The summed E-state index contributed by atoms with van der Waals surface area (Å²) < 4.78 is 5.04. The first-order valence-electron chi connectivity index (χ1n) is 4.12. The Bertz CT molecular complexity index is 305. The fourth-order valence-electron chi connectivity index (χ4n) is 1.10. The molecule has 0 aromatic heterocycles. The summed E-state index contributed by atoms with van der Waals surface area (Å²) in [6.45, 7) is 5.49. The molecule has 0 radical (unpaired) electrons. The van der Waals surface area contributed by atoms with Crippen LogP contribution in [0.15, 0.2) is 36.4 Å². The zero-order valence-corrected chi connectivity index (χ0v) is 7.95. The molecule has 0 aliphatic rings. The van der Waals surface area contributed by atoms with Crippen LogP contribution in [0.4, 0.5) is 0 Å². The number of ether oxygens (including phenoxy) is 1. The molecule has 0 saturated carbocycles. The van der Waals surface area contributed by atoms with Crippen molar-refractivity contribution in [2.24, 2.45) is 0 Å². The Hall–Kier alpha value is -1.28. The van der Waals surface area contributed by atoms with Crippen LogP contribution in [0.1, 0.15) is 18.6 Å². The van der Waals surface area contributed by atoms with E-state index < -0.39 is 6.10 Å². The number of aliphatic hydroxyl groups is 1. The van der Waals surface area contributed by atoms with Crippen molar-refractivity contribution in [3.05, 3.63) is 42.0 Å². The minimum Gasteiger partial charge on any atom is -0.497 e. The summed E-state index contributed by atoms with van der Waals surface area (Å²) in [5.41, 5.74) is 1.54. The second kappa shape index (κ2) is 4.10. The molecule has 1 aromatic rings. The fourth-order valence-corrected chi connectivity index (χ4v) is 1.10. The molecule has 0 saturated heterocycles. The maximum atomic E-state index is 9.66. The molecule has 0 amide bonds. The van der Waals surface area contributed by atoms with Gasteiger partial charge < -0.3 is 9.84 Å². The molecule has 0 fully saturated rings. The number of rotatable bonds is 3. The average molecular weight is 178 g/mol. The molecule has 0 unspecified atom stereocenters. The van der Waals surface area contributed by atoms with Gasteiger partial charge in [-0.05, 0) is 30.2 Å². The Morgan fingerprint density at radius 1 is 1.54 bits per heavy atom. The zero-order valence-electron chi connectivity index (χ0n) is 7.95. The molecular formula is C11H14O2. The lowest BCUT2D eigenvalue weighted by Gasteiger charge is -2.11. The summed E-state index contributed by atoms with van der Waals surface area (Å²) >= 11 is 0. The number of hydrogen-bond acceptors (Lipinski definition) is 2. The Morgan fingerprint density at radius 2 is 2.23 bits per heavy atom. The van der Waals surface area contributed by atoms with Crippen LogP contribution in [0.2, 0.25) is 0 Å². The molecule has 13 heavy (non-hydrogen) atoms. The topological polar surface area (TPSA) is 29.5 Å². The summed E-state index contributed by atoms with van der Waals surface area (Å²) in [7, 11) is 1.60. The van der Waals surface area contributed by atoms with E-state index >= 15 is 0 Å². The lowest BCUT2D eigenvalue weighted by Crippen LogP contribution is -1.97. The van der Waals surface area contributed by atoms with Gasteiger partial charge in [-0.25, -0.2) is 0 Å². The van der Waals surface area contributed by atoms with Crippen molar-refractivity contribution in [3.63, 3.8) is 0 Å². The summed E-state index contributed by atoms with van der Waals surface area (Å²) in [6, 6.07) is 7.34. The fraction of sp³-hybridized carbons (Fsp3) is 0.273. The van der Waals surface area contributed by atoms with Gasteiger partial charge in [0.1, 0.15) is 5.75 Å². The van der Waals surface area contributed by atoms with Crippen LogP contribution >= 0.6 is 0 Å². The molecule has 1 rings (SSSR count). The highest BCUT2D eigenvalue weighted by molar-refractivity contribution is 5.32. The van der Waals surface area contributed by atoms with E-state index in [1.807, 2.05) is 18.2 Å². The van der Waals surface area contributed by atoms with Crippen LogP contribution in [0.3, 0.4) is 0 Å². The van der Waals surface area contributed by atoms with Gasteiger partial charge in [-0.15, -0.1) is 0 Å². The van der Waals surface area contributed by atoms with E-state index in [2.05, 4.69) is 6.58 Å². The summed E-state index contributed by atoms with van der Waals surface area (Å²) in [5, 5.41) is 9.66. The van der Waals surface area contributed by atoms with Gasteiger partial charge in [-0.2, -0.15) is 0 Å². The summed E-state index contributed by atoms with van der Waals surface area (Å²) in [4.78, 5) is 0. The first-order chi connectivity index (χ1) is 6.15. The Morgan fingerprint density at radius 3 is 2.77 bits per heavy atom. The van der Waals surface area contributed by atoms with Crippen LogP contribution in [0, 0.1) is 0 Å². The molecule has 1 aromatic carbocycles. The molecule has 2 heteroatoms. The second-order valence-electron chi connectivity index (χ2n) is 3.03. The van der Waals surface area contributed by atoms with Crippen LogP contribution in [0.25, 0.3) is 0 Å². The van der Waals surface area contributed by atoms with Gasteiger partial charge in [0.15, 0.2) is 0 Å². The predicted molar refractivity (Wildman–Crippen MR) is 52.8 cm³/mol. The van der Waals surface area contributed by atoms with Crippen LogP contribution in [-0.4, -0.2) is 12.2 Å². The molecule has 1 atom stereocenters. The Labute approximate surface area is 78.5 Å². The highest BCUT2D eigenvalue weighted by atomic mass is 16.5. The average Bonchev–Trinajstić information content (AvgIpc) is 2.16. The van der Waals surface area contributed by atoms with Gasteiger partial charge in [0.05, 0.1) is 13.2 Å². The maximum Gasteiger partial charge on any atom is 0.119 e. The quantitative estimate of drug-likeness (QED) is 0.720. The van der Waals surface area contributed by atoms with E-state index in [9.17, 15) is 5.11 Å². The van der Waals surface area contributed by atoms with Crippen molar-refractivity contribution >= 4 is 0 Å². The lowest BCUT2D eigenvalue weighted by atomic mass is 10.0. The number of methoxy groups -OCH3 is 1. The van der Waals surface area contributed by atoms with Crippen molar-refractivity contribution in [1.82, 2.24) is 0 Å². The van der Waals surface area contributed by atoms with Crippen LogP contribution in [-0.2, 0) is 0 Å². The van der Waals surface area contributed by atoms with E-state index in [0.29, 0.717) is 0 Å². The van der Waals surface area contributed by atoms with E-state index in [0.717, 1.165) is 16.9 Å². The molecule has 1 N–H and O–H groups in total. The van der Waals surface area contributed by atoms with Gasteiger partial charge in [0.25, 0.3) is 0 Å². The molecule has 2 nitrogen and oxygen atoms in total. The smallest absolute Gasteiger partial charge is 0.119 e. The third kappa shape index (κ3) is 2.33. The maximum absolute atomic E-state index is 9.66. The third-order valence-corrected chi connectivity index (χ3v) is 1.88. The highest BCUT2D eigenvalue weighted by Crippen LogP contribution is 2.23. The molecule has 0 aliphatic carbocycles. The molecule has 0 aliphatic heterocycles. The first kappa shape index (κ1) is 9.81. The first-order valence-corrected chi connectivity index (χ1v) is 4.12. The highest BCUT2D eigenvalue weighted by Gasteiger charge is 2.07. The number of aliphatic hydroxyl groups excluding tert-OH is 1. The Balaban J connectivity index is 2.94. The van der Waals surface area contributed by atoms with E-state index in [1.54, 1.807) is 20.1 Å². The molecule has 0 heterocycles. The largest absolute Gasteiger partial charge is 0.497 e. The van der Waals surface area contributed by atoms with Gasteiger partial charge in [-0.1, -0.05) is 18.7 Å². The number of benzene rings is 1. The standard InChI is InChI=1S/C11H14O2/c1-8(2)11(12)9-5-4-6-10(7-9)13-3/h4-7,11-12H,1H2,2-3H3/t11-/m1/s1. The monoisotopic (exact) mass is 178 g/mol. The van der Waals surface area contributed by atoms with Crippen molar-refractivity contribution in [1.29, 1.82) is 0 Å². The molecule has 0 bridgehead atoms. The second-order valence-corrected chi connectivity index (χ2v) is 3.03. The molecule has 0 spiro atoms. The predicted octanol–water partition coefficient (Wildman–Crippen LogP) is 2.30. The minimum absolute atomic E-state index is 0.602. The SMILES string of the molecule is C=C(C)[C@@H](O)c1cccc(OC)c1. The van der Waals surface area contributed by atoms with E-state index in [-0.39, 0.29) is 0 Å². The van der Waals surface area contributed by atoms with Gasteiger partial charge in [0.2, 0.25) is 0 Å². The summed E-state index contributed by atoms with van der Waals surface area (Å²) in [5.74, 6) is 0.748. The van der Waals surface area contributed by atoms with Crippen molar-refractivity contribution in [2.75, 3.05) is 7.11 Å². The van der Waals surface area contributed by atoms with E-state index in [4.69, 9.17) is 4.74 Å². The zero-order chi connectivity index (χ0) is 9.84. The normalized spacial score (nSPS) is 12.2. The van der Waals surface area contributed by atoms with Gasteiger partial charge in [-0.3, -0.25) is 0 Å². The van der Waals surface area contributed by atoms with Crippen LogP contribution in [0.5, 0.6) is 5.75 Å². The number of hydrogen-bond donors (Lipinski definition) is 1. The van der Waals surface area contributed by atoms with Crippen molar-refractivity contribution < 1.29 is 9.84 Å². The van der Waals surface area contributed by atoms with Gasteiger partial charge >= 0.3 is 0 Å². The lowest BCUT2D eigenvalue weighted by molar-refractivity contribution is 0.216. The van der Waals surface area contributed by atoms with Crippen molar-refractivity contribution in [3.8, 4) is 5.75 Å². The third-order valence-electron chi connectivity index (χ3n) is 1.88. The van der Waals surface area contributed by atoms with Crippen LogP contribution < -0.4 is 4.74 Å². The van der Waals surface area contributed by atoms with Gasteiger partial charge in [0, 0.05) is 0 Å². The minimum atomic E-state index is -0.602. The molecule has 70 valence electrons. The molecular weight excluding hydrogens is 164 g/mol. The van der Waals surface area contributed by atoms with Crippen molar-refractivity contribution in [2.45, 2.75) is 13.0 Å². The van der Waals surface area contributed by atoms with E-state index in [1.165, 1.54) is 0 Å². The summed E-state index contributed by atoms with van der Waals surface area (Å²) in [6.07, 6.45) is -0.602.